The summed E-state index contributed by atoms with van der Waals surface area (Å²) in [4.78, 5) is 8.06. The van der Waals surface area contributed by atoms with Crippen LogP contribution in [0.5, 0.6) is 0 Å². The van der Waals surface area contributed by atoms with Gasteiger partial charge in [-0.3, -0.25) is 0 Å². The summed E-state index contributed by atoms with van der Waals surface area (Å²) in [5.74, 6) is 0.671. The fraction of sp³-hybridized carbons (Fsp3) is 0.556. The molecule has 57 valence electrons. The van der Waals surface area contributed by atoms with Crippen LogP contribution in [-0.4, -0.2) is 9.97 Å². The van der Waals surface area contributed by atoms with Crippen LogP contribution < -0.4 is 0 Å². The maximum absolute atomic E-state index is 4.18. The van der Waals surface area contributed by atoms with Gasteiger partial charge in [-0.15, -0.1) is 0 Å². The lowest BCUT2D eigenvalue weighted by Crippen LogP contribution is -1.94. The molecule has 0 bridgehead atoms. The Morgan fingerprint density at radius 1 is 1.73 bits per heavy atom. The van der Waals surface area contributed by atoms with Crippen LogP contribution in [0.4, 0.5) is 0 Å². The lowest BCUT2D eigenvalue weighted by atomic mass is 10.0. The lowest BCUT2D eigenvalue weighted by molar-refractivity contribution is 0.642. The Balaban J connectivity index is 2.39. The zero-order chi connectivity index (χ0) is 7.68. The summed E-state index contributed by atoms with van der Waals surface area (Å²) in [6.07, 6.45) is 8.15. The van der Waals surface area contributed by atoms with Crippen molar-refractivity contribution in [1.29, 1.82) is 0 Å². The smallest absolute Gasteiger partial charge is 0.197 e. The first-order valence-electron chi connectivity index (χ1n) is 4.13. The molecule has 1 aliphatic rings. The summed E-state index contributed by atoms with van der Waals surface area (Å²) < 4.78 is 0. The zero-order valence-corrected chi connectivity index (χ0v) is 6.67. The molecule has 1 aliphatic carbocycles. The molecule has 2 rings (SSSR count). The fourth-order valence-corrected chi connectivity index (χ4v) is 1.74. The van der Waals surface area contributed by atoms with Gasteiger partial charge in [-0.25, -0.2) is 9.97 Å². The van der Waals surface area contributed by atoms with E-state index in [1.54, 1.807) is 0 Å². The summed E-state index contributed by atoms with van der Waals surface area (Å²) >= 11 is 0. The van der Waals surface area contributed by atoms with Crippen LogP contribution in [0.2, 0.25) is 0 Å². The average molecular weight is 147 g/mol. The van der Waals surface area contributed by atoms with Gasteiger partial charge in [-0.05, 0) is 24.8 Å². The highest BCUT2D eigenvalue weighted by atomic mass is 14.8. The molecule has 0 amide bonds. The third-order valence-corrected chi connectivity index (χ3v) is 2.42. The van der Waals surface area contributed by atoms with E-state index in [9.17, 15) is 0 Å². The second-order valence-electron chi connectivity index (χ2n) is 3.02. The molecule has 2 nitrogen and oxygen atoms in total. The van der Waals surface area contributed by atoms with Crippen molar-refractivity contribution in [3.8, 4) is 0 Å². The molecule has 1 atom stereocenters. The number of aromatic nitrogens is 2. The Morgan fingerprint density at radius 3 is 3.45 bits per heavy atom. The quantitative estimate of drug-likeness (QED) is 0.604. The number of rotatable bonds is 1. The summed E-state index contributed by atoms with van der Waals surface area (Å²) in [7, 11) is 0. The van der Waals surface area contributed by atoms with Gasteiger partial charge in [0, 0.05) is 12.1 Å². The lowest BCUT2D eigenvalue weighted by Gasteiger charge is -2.04. The van der Waals surface area contributed by atoms with Crippen molar-refractivity contribution in [2.24, 2.45) is 0 Å². The molecule has 2 heteroatoms. The van der Waals surface area contributed by atoms with Crippen molar-refractivity contribution in [2.45, 2.75) is 32.1 Å². The van der Waals surface area contributed by atoms with Crippen LogP contribution in [0.1, 0.15) is 36.9 Å². The van der Waals surface area contributed by atoms with Gasteiger partial charge < -0.3 is 0 Å². The van der Waals surface area contributed by atoms with E-state index in [-0.39, 0.29) is 0 Å². The fourth-order valence-electron chi connectivity index (χ4n) is 1.74. The maximum atomic E-state index is 4.18. The minimum absolute atomic E-state index is 0.671. The van der Waals surface area contributed by atoms with Gasteiger partial charge in [0.15, 0.2) is 6.33 Å². The molecule has 0 spiro atoms. The van der Waals surface area contributed by atoms with Crippen molar-refractivity contribution in [3.05, 3.63) is 23.8 Å². The van der Waals surface area contributed by atoms with Crippen molar-refractivity contribution in [2.75, 3.05) is 0 Å². The van der Waals surface area contributed by atoms with Crippen molar-refractivity contribution >= 4 is 0 Å². The highest BCUT2D eigenvalue weighted by Gasteiger charge is 2.21. The molecule has 0 aliphatic heterocycles. The topological polar surface area (TPSA) is 25.8 Å². The third-order valence-electron chi connectivity index (χ3n) is 2.42. The molecule has 1 aromatic rings. The summed E-state index contributed by atoms with van der Waals surface area (Å²) in [6, 6.07) is 0. The van der Waals surface area contributed by atoms with Gasteiger partial charge in [0.1, 0.15) is 0 Å². The van der Waals surface area contributed by atoms with E-state index in [4.69, 9.17) is 0 Å². The minimum Gasteiger partial charge on any atom is -0.233 e. The van der Waals surface area contributed by atoms with E-state index >= 15 is 0 Å². The SMILES string of the molecule is CCC1CCc2cn[c]nc21. The summed E-state index contributed by atoms with van der Waals surface area (Å²) in [6.45, 7) is 2.21. The van der Waals surface area contributed by atoms with Gasteiger partial charge in [0.05, 0.1) is 5.69 Å². The number of fused-ring (bicyclic) bond motifs is 1. The minimum atomic E-state index is 0.671. The third kappa shape index (κ3) is 1.02. The molecule has 0 aromatic carbocycles. The van der Waals surface area contributed by atoms with Crippen LogP contribution in [0.3, 0.4) is 0 Å². The standard InChI is InChI=1S/C9H11N2/c1-2-7-3-4-8-5-10-6-11-9(7)8/h5,7H,2-4H2,1H3. The first kappa shape index (κ1) is 6.77. The molecule has 1 aromatic heterocycles. The van der Waals surface area contributed by atoms with Gasteiger partial charge >= 0.3 is 0 Å². The van der Waals surface area contributed by atoms with E-state index in [0.29, 0.717) is 5.92 Å². The highest BCUT2D eigenvalue weighted by Crippen LogP contribution is 2.32. The summed E-state index contributed by atoms with van der Waals surface area (Å²) in [5.41, 5.74) is 2.57. The zero-order valence-electron chi connectivity index (χ0n) is 6.67. The van der Waals surface area contributed by atoms with Crippen molar-refractivity contribution in [1.82, 2.24) is 9.97 Å². The van der Waals surface area contributed by atoms with E-state index in [0.717, 1.165) is 6.42 Å². The largest absolute Gasteiger partial charge is 0.233 e. The normalized spacial score (nSPS) is 21.7. The van der Waals surface area contributed by atoms with Crippen LogP contribution in [-0.2, 0) is 6.42 Å². The van der Waals surface area contributed by atoms with Gasteiger partial charge in [0.2, 0.25) is 0 Å². The van der Waals surface area contributed by atoms with Crippen LogP contribution >= 0.6 is 0 Å². The molecule has 11 heavy (non-hydrogen) atoms. The second kappa shape index (κ2) is 2.61. The Hall–Kier alpha value is -0.920. The molecule has 0 N–H and O–H groups in total. The summed E-state index contributed by atoms with van der Waals surface area (Å²) in [5, 5.41) is 0. The van der Waals surface area contributed by atoms with Gasteiger partial charge in [0.25, 0.3) is 0 Å². The predicted molar refractivity (Wildman–Crippen MR) is 42.2 cm³/mol. The molecule has 1 radical (unpaired) electrons. The molecule has 0 saturated heterocycles. The van der Waals surface area contributed by atoms with Crippen LogP contribution in [0.25, 0.3) is 0 Å². The number of hydrogen-bond acceptors (Lipinski definition) is 2. The van der Waals surface area contributed by atoms with E-state index in [1.807, 2.05) is 6.20 Å². The van der Waals surface area contributed by atoms with Crippen molar-refractivity contribution in [3.63, 3.8) is 0 Å². The van der Waals surface area contributed by atoms with Crippen LogP contribution in [0, 0.1) is 6.33 Å². The number of aryl methyl sites for hydroxylation is 1. The molecular formula is C9H11N2. The molecule has 0 fully saturated rings. The predicted octanol–water partition coefficient (Wildman–Crippen LogP) is 1.72. The second-order valence-corrected chi connectivity index (χ2v) is 3.02. The monoisotopic (exact) mass is 147 g/mol. The molecule has 0 saturated carbocycles. The molecule has 1 unspecified atom stereocenters. The number of hydrogen-bond donors (Lipinski definition) is 0. The Bertz CT molecular complexity index is 257. The van der Waals surface area contributed by atoms with Crippen LogP contribution in [0.15, 0.2) is 6.20 Å². The maximum Gasteiger partial charge on any atom is 0.197 e. The molecule has 1 heterocycles. The van der Waals surface area contributed by atoms with Gasteiger partial charge in [-0.1, -0.05) is 6.92 Å². The Labute approximate surface area is 66.7 Å². The number of nitrogens with zero attached hydrogens (tertiary/aromatic N) is 2. The van der Waals surface area contributed by atoms with E-state index in [1.165, 1.54) is 24.1 Å². The first-order valence-corrected chi connectivity index (χ1v) is 4.13. The van der Waals surface area contributed by atoms with E-state index in [2.05, 4.69) is 23.2 Å². The molecular weight excluding hydrogens is 136 g/mol. The van der Waals surface area contributed by atoms with E-state index < -0.39 is 0 Å². The Morgan fingerprint density at radius 2 is 2.64 bits per heavy atom. The van der Waals surface area contributed by atoms with Crippen molar-refractivity contribution < 1.29 is 0 Å². The highest BCUT2D eigenvalue weighted by molar-refractivity contribution is 5.25. The van der Waals surface area contributed by atoms with Gasteiger partial charge in [-0.2, -0.15) is 0 Å². The first-order chi connectivity index (χ1) is 5.42. The average Bonchev–Trinajstić information content (AvgIpc) is 2.47. The Kier molecular flexibility index (Phi) is 1.60.